The van der Waals surface area contributed by atoms with E-state index in [9.17, 15) is 39.6 Å². The van der Waals surface area contributed by atoms with E-state index in [0.717, 1.165) is 0 Å². The van der Waals surface area contributed by atoms with Crippen molar-refractivity contribution >= 4 is 40.5 Å². The van der Waals surface area contributed by atoms with Crippen LogP contribution >= 0.6 is 0 Å². The Morgan fingerprint density at radius 2 is 1.79 bits per heavy atom. The third-order valence-corrected chi connectivity index (χ3v) is 8.29. The van der Waals surface area contributed by atoms with E-state index in [1.807, 2.05) is 13.8 Å². The van der Waals surface area contributed by atoms with Gasteiger partial charge in [-0.15, -0.1) is 0 Å². The zero-order valence-corrected chi connectivity index (χ0v) is 24.6. The Labute approximate surface area is 243 Å². The van der Waals surface area contributed by atoms with E-state index in [-0.39, 0.29) is 36.2 Å². The molecule has 2 unspecified atom stereocenters. The number of phenolic OH excluding ortho intramolecular Hbond substituents is 1. The van der Waals surface area contributed by atoms with E-state index in [1.54, 1.807) is 39.2 Å². The average Bonchev–Trinajstić information content (AvgIpc) is 2.87. The van der Waals surface area contributed by atoms with Gasteiger partial charge in [0.2, 0.25) is 11.7 Å². The van der Waals surface area contributed by atoms with E-state index in [4.69, 9.17) is 5.73 Å². The van der Waals surface area contributed by atoms with Gasteiger partial charge in [-0.3, -0.25) is 24.1 Å². The Kier molecular flexibility index (Phi) is 8.15. The number of nitrogens with one attached hydrogen (secondary N) is 2. The number of carbonyl (C=O) groups is 4. The van der Waals surface area contributed by atoms with Gasteiger partial charge in [0.15, 0.2) is 11.4 Å². The van der Waals surface area contributed by atoms with Gasteiger partial charge in [0, 0.05) is 31.3 Å². The molecule has 42 heavy (non-hydrogen) atoms. The first kappa shape index (κ1) is 31.0. The number of aromatic hydroxyl groups is 1. The lowest BCUT2D eigenvalue weighted by molar-refractivity contribution is -0.153. The lowest BCUT2D eigenvalue weighted by atomic mass is 9.57. The maximum absolute atomic E-state index is 14.0. The topological polar surface area (TPSA) is 206 Å². The van der Waals surface area contributed by atoms with Crippen molar-refractivity contribution < 1.29 is 39.6 Å². The second-order valence-electron chi connectivity index (χ2n) is 12.1. The highest BCUT2D eigenvalue weighted by Crippen LogP contribution is 2.54. The molecule has 0 radical (unpaired) electrons. The van der Waals surface area contributed by atoms with Crippen molar-refractivity contribution in [1.29, 1.82) is 0 Å². The van der Waals surface area contributed by atoms with Crippen LogP contribution in [-0.2, 0) is 25.6 Å². The standard InChI is InChI=1S/C29H39N5O8/c1-12(2)10-31-11-18(35)32-16-9-17(33(3)4)14-7-13-8-15-22(34(5)6)25(38)21(28(30)41)27(40)29(15,42)26(39)19(13)24(37)20(14)23(16)36/h9,12-13,15,22,31,36-37,40,42H,7-8,10-11H2,1-6H3,(H2,30,41)(H,32,35)/t13?,15?,22-,29-/m0/s1. The molecule has 0 aliphatic heterocycles. The van der Waals surface area contributed by atoms with Gasteiger partial charge in [0.25, 0.3) is 5.91 Å². The number of Topliss-reactive ketones (excluding diaryl/α,β-unsaturated/α-hetero) is 2. The summed E-state index contributed by atoms with van der Waals surface area (Å²) in [5.41, 5.74) is 2.49. The van der Waals surface area contributed by atoms with Gasteiger partial charge in [-0.2, -0.15) is 0 Å². The molecule has 3 aliphatic rings. The molecule has 0 bridgehead atoms. The number of hydrogen-bond acceptors (Lipinski definition) is 11. The van der Waals surface area contributed by atoms with Gasteiger partial charge in [-0.25, -0.2) is 0 Å². The van der Waals surface area contributed by atoms with Crippen LogP contribution in [0.25, 0.3) is 5.76 Å². The van der Waals surface area contributed by atoms with E-state index >= 15 is 0 Å². The summed E-state index contributed by atoms with van der Waals surface area (Å²) >= 11 is 0. The number of carbonyl (C=O) groups excluding carboxylic acids is 4. The number of aliphatic hydroxyl groups excluding tert-OH is 2. The monoisotopic (exact) mass is 585 g/mol. The highest BCUT2D eigenvalue weighted by molar-refractivity contribution is 6.24. The molecule has 1 fully saturated rings. The quantitative estimate of drug-likeness (QED) is 0.162. The number of anilines is 2. The smallest absolute Gasteiger partial charge is 0.255 e. The third-order valence-electron chi connectivity index (χ3n) is 8.29. The molecule has 13 heteroatoms. The van der Waals surface area contributed by atoms with Crippen LogP contribution in [0.3, 0.4) is 0 Å². The molecule has 228 valence electrons. The number of hydrogen-bond donors (Lipinski definition) is 7. The van der Waals surface area contributed by atoms with Crippen molar-refractivity contribution in [3.8, 4) is 5.75 Å². The number of amides is 2. The Morgan fingerprint density at radius 1 is 1.14 bits per heavy atom. The molecule has 13 nitrogen and oxygen atoms in total. The minimum atomic E-state index is -2.72. The zero-order valence-electron chi connectivity index (χ0n) is 24.6. The van der Waals surface area contributed by atoms with Crippen LogP contribution < -0.4 is 21.3 Å². The first-order valence-electron chi connectivity index (χ1n) is 13.7. The summed E-state index contributed by atoms with van der Waals surface area (Å²) in [5, 5.41) is 51.2. The zero-order chi connectivity index (χ0) is 31.4. The fourth-order valence-electron chi connectivity index (χ4n) is 6.45. The van der Waals surface area contributed by atoms with Gasteiger partial charge >= 0.3 is 0 Å². The molecule has 4 rings (SSSR count). The number of phenols is 1. The first-order valence-corrected chi connectivity index (χ1v) is 13.7. The van der Waals surface area contributed by atoms with Crippen LogP contribution in [0.2, 0.25) is 0 Å². The van der Waals surface area contributed by atoms with Crippen LogP contribution in [0.5, 0.6) is 5.75 Å². The lowest BCUT2D eigenvalue weighted by Crippen LogP contribution is -2.65. The predicted molar refractivity (Wildman–Crippen MR) is 155 cm³/mol. The Hall–Kier alpha value is -3.94. The van der Waals surface area contributed by atoms with Crippen LogP contribution in [0, 0.1) is 17.8 Å². The van der Waals surface area contributed by atoms with Gasteiger partial charge in [0.05, 0.1) is 23.8 Å². The van der Waals surface area contributed by atoms with Gasteiger partial charge in [0.1, 0.15) is 22.8 Å². The van der Waals surface area contributed by atoms with Gasteiger partial charge < -0.3 is 41.7 Å². The Bertz CT molecular complexity index is 1430. The maximum atomic E-state index is 14.0. The number of primary amides is 1. The molecule has 0 heterocycles. The number of aliphatic hydroxyl groups is 3. The Balaban J connectivity index is 1.87. The molecule has 0 aromatic heterocycles. The summed E-state index contributed by atoms with van der Waals surface area (Å²) in [6, 6.07) is 0.417. The van der Waals surface area contributed by atoms with Crippen molar-refractivity contribution in [3.05, 3.63) is 34.1 Å². The molecule has 0 saturated heterocycles. The largest absolute Gasteiger partial charge is 0.508 e. The van der Waals surface area contributed by atoms with Crippen molar-refractivity contribution in [2.45, 2.75) is 38.3 Å². The number of rotatable bonds is 8. The van der Waals surface area contributed by atoms with Crippen LogP contribution in [0.4, 0.5) is 11.4 Å². The number of likely N-dealkylation sites (N-methyl/N-ethyl adjacent to an activating group) is 1. The van der Waals surface area contributed by atoms with E-state index in [0.29, 0.717) is 23.7 Å². The fourth-order valence-corrected chi connectivity index (χ4v) is 6.45. The number of nitrogens with two attached hydrogens (primary N) is 1. The second kappa shape index (κ2) is 11.0. The number of benzene rings is 1. The summed E-state index contributed by atoms with van der Waals surface area (Å²) in [6.45, 7) is 4.57. The number of fused-ring (bicyclic) bond motifs is 3. The molecule has 1 aromatic rings. The van der Waals surface area contributed by atoms with E-state index in [2.05, 4.69) is 10.6 Å². The highest BCUT2D eigenvalue weighted by Gasteiger charge is 2.64. The molecule has 2 amide bonds. The van der Waals surface area contributed by atoms with Crippen molar-refractivity contribution in [3.63, 3.8) is 0 Å². The van der Waals surface area contributed by atoms with Crippen molar-refractivity contribution in [2.75, 3.05) is 51.5 Å². The molecular weight excluding hydrogens is 546 g/mol. The molecule has 4 atom stereocenters. The first-order chi connectivity index (χ1) is 19.5. The lowest BCUT2D eigenvalue weighted by Gasteiger charge is -2.50. The second-order valence-corrected chi connectivity index (χ2v) is 12.1. The molecule has 1 aromatic carbocycles. The van der Waals surface area contributed by atoms with Crippen LogP contribution in [-0.4, -0.2) is 102 Å². The maximum Gasteiger partial charge on any atom is 0.255 e. The summed E-state index contributed by atoms with van der Waals surface area (Å²) < 4.78 is 0. The van der Waals surface area contributed by atoms with E-state index < -0.39 is 69.7 Å². The third kappa shape index (κ3) is 4.80. The van der Waals surface area contributed by atoms with E-state index in [1.165, 1.54) is 4.90 Å². The SMILES string of the molecule is CC(C)CNCC(=O)Nc1cc(N(C)C)c2c(c1O)C(O)=C1C(=O)[C@]3(O)C(O)=C(C(N)=O)C(=O)[C@@H](N(C)C)C3CC1C2. The Morgan fingerprint density at radius 3 is 2.33 bits per heavy atom. The predicted octanol–water partition coefficient (Wildman–Crippen LogP) is 0.214. The summed E-state index contributed by atoms with van der Waals surface area (Å²) in [5.74, 6) is -7.42. The normalized spacial score (nSPS) is 25.4. The number of ketones is 2. The minimum Gasteiger partial charge on any atom is -0.508 e. The number of nitrogens with zero attached hydrogens (tertiary/aromatic N) is 2. The fraction of sp³-hybridized carbons (Fsp3) is 0.517. The summed E-state index contributed by atoms with van der Waals surface area (Å²) in [6.07, 6.45) is 0.124. The highest BCUT2D eigenvalue weighted by atomic mass is 16.3. The van der Waals surface area contributed by atoms with Crippen LogP contribution in [0.15, 0.2) is 23.0 Å². The minimum absolute atomic E-state index is 0.00827. The van der Waals surface area contributed by atoms with Gasteiger partial charge in [-0.1, -0.05) is 13.8 Å². The van der Waals surface area contributed by atoms with Crippen molar-refractivity contribution in [1.82, 2.24) is 10.2 Å². The van der Waals surface area contributed by atoms with Crippen molar-refractivity contribution in [2.24, 2.45) is 23.5 Å². The molecular formula is C29H39N5O8. The average molecular weight is 586 g/mol. The van der Waals surface area contributed by atoms with Gasteiger partial charge in [-0.05, 0) is 56.9 Å². The molecule has 8 N–H and O–H groups in total. The summed E-state index contributed by atoms with van der Waals surface area (Å²) in [4.78, 5) is 55.3. The molecule has 1 saturated carbocycles. The van der Waals surface area contributed by atoms with Crippen LogP contribution in [0.1, 0.15) is 31.4 Å². The summed E-state index contributed by atoms with van der Waals surface area (Å²) in [7, 11) is 6.59. The molecule has 3 aliphatic carbocycles. The molecule has 0 spiro atoms.